The number of alkyl halides is 3. The quantitative estimate of drug-likeness (QED) is 0.484. The summed E-state index contributed by atoms with van der Waals surface area (Å²) in [5.41, 5.74) is 0.538. The average molecular weight is 497 g/mol. The van der Waals surface area contributed by atoms with Crippen molar-refractivity contribution in [2.24, 2.45) is 0 Å². The Kier molecular flexibility index (Phi) is 7.52. The lowest BCUT2D eigenvalue weighted by molar-refractivity contribution is -0.138. The van der Waals surface area contributed by atoms with Gasteiger partial charge >= 0.3 is 6.18 Å². The fraction of sp³-hybridized carbons (Fsp3) is 0.345. The molecule has 0 aliphatic carbocycles. The summed E-state index contributed by atoms with van der Waals surface area (Å²) in [5.74, 6) is -0.162. The second kappa shape index (κ2) is 10.4. The van der Waals surface area contributed by atoms with E-state index < -0.39 is 29.3 Å². The van der Waals surface area contributed by atoms with Crippen LogP contribution in [-0.4, -0.2) is 53.6 Å². The number of hydrogen-bond donors (Lipinski definition) is 1. The molecule has 1 aliphatic rings. The van der Waals surface area contributed by atoms with E-state index in [9.17, 15) is 23.1 Å². The standard InChI is InChI=1S/C29H31F3N2O2/c1-28(22-9-5-3-6-10-22,23-11-7-4-8-12-23)27(36)33(2)26(20-34-18-17-25(35)19-34)21-13-15-24(16-14-21)29(30,31)32/h3-16,25-26,35H,17-20H2,1-2H3/t25-,26+/m0/s1. The largest absolute Gasteiger partial charge is 0.416 e. The number of benzene rings is 3. The Balaban J connectivity index is 1.74. The lowest BCUT2D eigenvalue weighted by Crippen LogP contribution is -2.48. The Hall–Kier alpha value is -3.16. The summed E-state index contributed by atoms with van der Waals surface area (Å²) in [6.07, 6.45) is -4.25. The van der Waals surface area contributed by atoms with Gasteiger partial charge in [0.2, 0.25) is 5.91 Å². The van der Waals surface area contributed by atoms with Gasteiger partial charge in [0.25, 0.3) is 0 Å². The van der Waals surface area contributed by atoms with Gasteiger partial charge in [0, 0.05) is 26.7 Å². The highest BCUT2D eigenvalue weighted by Gasteiger charge is 2.42. The van der Waals surface area contributed by atoms with Gasteiger partial charge in [-0.2, -0.15) is 13.2 Å². The predicted molar refractivity (Wildman–Crippen MR) is 133 cm³/mol. The summed E-state index contributed by atoms with van der Waals surface area (Å²) < 4.78 is 39.6. The predicted octanol–water partition coefficient (Wildman–Crippen LogP) is 5.28. The van der Waals surface area contributed by atoms with Crippen molar-refractivity contribution in [1.82, 2.24) is 9.80 Å². The van der Waals surface area contributed by atoms with Crippen LogP contribution in [0.1, 0.15) is 41.6 Å². The SMILES string of the molecule is CN(C(=O)C(C)(c1ccccc1)c1ccccc1)[C@H](CN1CC[C@H](O)C1)c1ccc(C(F)(F)F)cc1. The molecule has 3 aromatic carbocycles. The van der Waals surface area contributed by atoms with E-state index in [0.29, 0.717) is 31.6 Å². The van der Waals surface area contributed by atoms with Gasteiger partial charge in [-0.25, -0.2) is 0 Å². The maximum Gasteiger partial charge on any atom is 0.416 e. The lowest BCUT2D eigenvalue weighted by Gasteiger charge is -2.39. The fourth-order valence-corrected chi connectivity index (χ4v) is 5.02. The fourth-order valence-electron chi connectivity index (χ4n) is 5.02. The molecule has 4 nitrogen and oxygen atoms in total. The molecule has 0 spiro atoms. The molecule has 1 fully saturated rings. The highest BCUT2D eigenvalue weighted by molar-refractivity contribution is 5.92. The molecule has 3 aromatic rings. The Morgan fingerprint density at radius 2 is 1.47 bits per heavy atom. The number of amides is 1. The van der Waals surface area contributed by atoms with Crippen molar-refractivity contribution in [3.8, 4) is 0 Å². The molecular weight excluding hydrogens is 465 g/mol. The summed E-state index contributed by atoms with van der Waals surface area (Å²) in [5, 5.41) is 10.0. The van der Waals surface area contributed by atoms with Gasteiger partial charge in [-0.3, -0.25) is 9.69 Å². The summed E-state index contributed by atoms with van der Waals surface area (Å²) in [7, 11) is 1.71. The molecule has 1 saturated heterocycles. The van der Waals surface area contributed by atoms with Gasteiger partial charge in [0.15, 0.2) is 0 Å². The molecule has 0 radical (unpaired) electrons. The van der Waals surface area contributed by atoms with Crippen molar-refractivity contribution in [1.29, 1.82) is 0 Å². The molecule has 1 amide bonds. The van der Waals surface area contributed by atoms with Crippen molar-refractivity contribution in [2.45, 2.75) is 37.1 Å². The maximum absolute atomic E-state index is 14.3. The zero-order chi connectivity index (χ0) is 25.9. The number of rotatable bonds is 7. The van der Waals surface area contributed by atoms with Crippen LogP contribution in [0.25, 0.3) is 0 Å². The van der Waals surface area contributed by atoms with Crippen LogP contribution in [0.15, 0.2) is 84.9 Å². The molecule has 1 N–H and O–H groups in total. The normalized spacial score (nSPS) is 17.7. The second-order valence-corrected chi connectivity index (χ2v) is 9.61. The zero-order valence-electron chi connectivity index (χ0n) is 20.4. The molecular formula is C29H31F3N2O2. The smallest absolute Gasteiger partial charge is 0.392 e. The number of carbonyl (C=O) groups is 1. The van der Waals surface area contributed by atoms with Crippen molar-refractivity contribution in [3.63, 3.8) is 0 Å². The number of aliphatic hydroxyl groups is 1. The third kappa shape index (κ3) is 5.32. The van der Waals surface area contributed by atoms with Crippen LogP contribution in [0.3, 0.4) is 0 Å². The topological polar surface area (TPSA) is 43.8 Å². The molecule has 190 valence electrons. The molecule has 7 heteroatoms. The lowest BCUT2D eigenvalue weighted by atomic mass is 9.74. The van der Waals surface area contributed by atoms with Gasteiger partial charge in [0.1, 0.15) is 0 Å². The molecule has 4 rings (SSSR count). The maximum atomic E-state index is 14.3. The van der Waals surface area contributed by atoms with Gasteiger partial charge in [0.05, 0.1) is 23.1 Å². The van der Waals surface area contributed by atoms with Gasteiger partial charge in [-0.15, -0.1) is 0 Å². The van der Waals surface area contributed by atoms with Crippen molar-refractivity contribution >= 4 is 5.91 Å². The molecule has 2 atom stereocenters. The molecule has 0 unspecified atom stereocenters. The van der Waals surface area contributed by atoms with E-state index >= 15 is 0 Å². The number of likely N-dealkylation sites (N-methyl/N-ethyl adjacent to an activating group) is 1. The van der Waals surface area contributed by atoms with E-state index in [1.165, 1.54) is 12.1 Å². The number of nitrogens with zero attached hydrogens (tertiary/aromatic N) is 2. The number of likely N-dealkylation sites (tertiary alicyclic amines) is 1. The first-order chi connectivity index (χ1) is 17.1. The summed E-state index contributed by atoms with van der Waals surface area (Å²) in [6.45, 7) is 3.42. The average Bonchev–Trinajstić information content (AvgIpc) is 3.31. The van der Waals surface area contributed by atoms with Crippen LogP contribution in [0.2, 0.25) is 0 Å². The highest BCUT2D eigenvalue weighted by atomic mass is 19.4. The number of β-amino-alcohol motifs (C(OH)–C–C–N with tert-alkyl or cyclic N) is 1. The first-order valence-electron chi connectivity index (χ1n) is 12.1. The Morgan fingerprint density at radius 1 is 0.944 bits per heavy atom. The van der Waals surface area contributed by atoms with E-state index in [4.69, 9.17) is 0 Å². The van der Waals surface area contributed by atoms with E-state index in [-0.39, 0.29) is 5.91 Å². The molecule has 1 aliphatic heterocycles. The van der Waals surface area contributed by atoms with Crippen LogP contribution < -0.4 is 0 Å². The monoisotopic (exact) mass is 496 g/mol. The first-order valence-corrected chi connectivity index (χ1v) is 12.1. The van der Waals surface area contributed by atoms with E-state index in [2.05, 4.69) is 4.90 Å². The van der Waals surface area contributed by atoms with Crippen molar-refractivity contribution in [3.05, 3.63) is 107 Å². The first kappa shape index (κ1) is 25.9. The molecule has 0 saturated carbocycles. The van der Waals surface area contributed by atoms with Crippen LogP contribution in [-0.2, 0) is 16.4 Å². The number of hydrogen-bond acceptors (Lipinski definition) is 3. The Bertz CT molecular complexity index is 1110. The highest BCUT2D eigenvalue weighted by Crippen LogP contribution is 2.37. The summed E-state index contributed by atoms with van der Waals surface area (Å²) in [6, 6.07) is 23.6. The van der Waals surface area contributed by atoms with Crippen LogP contribution >= 0.6 is 0 Å². The summed E-state index contributed by atoms with van der Waals surface area (Å²) in [4.78, 5) is 18.0. The zero-order valence-corrected chi connectivity index (χ0v) is 20.4. The number of aliphatic hydroxyl groups excluding tert-OH is 1. The van der Waals surface area contributed by atoms with E-state index in [1.54, 1.807) is 11.9 Å². The van der Waals surface area contributed by atoms with Crippen molar-refractivity contribution < 1.29 is 23.1 Å². The van der Waals surface area contributed by atoms with Crippen LogP contribution in [0, 0.1) is 0 Å². The van der Waals surface area contributed by atoms with Gasteiger partial charge in [-0.05, 0) is 42.2 Å². The Labute approximate surface area is 210 Å². The van der Waals surface area contributed by atoms with Crippen LogP contribution in [0.5, 0.6) is 0 Å². The third-order valence-corrected chi connectivity index (χ3v) is 7.22. The summed E-state index contributed by atoms with van der Waals surface area (Å²) >= 11 is 0. The number of carbonyl (C=O) groups excluding carboxylic acids is 1. The molecule has 0 bridgehead atoms. The van der Waals surface area contributed by atoms with E-state index in [0.717, 1.165) is 23.3 Å². The minimum Gasteiger partial charge on any atom is -0.392 e. The minimum atomic E-state index is -4.44. The third-order valence-electron chi connectivity index (χ3n) is 7.22. The van der Waals surface area contributed by atoms with Crippen LogP contribution in [0.4, 0.5) is 13.2 Å². The van der Waals surface area contributed by atoms with Crippen molar-refractivity contribution in [2.75, 3.05) is 26.7 Å². The second-order valence-electron chi connectivity index (χ2n) is 9.61. The van der Waals surface area contributed by atoms with E-state index in [1.807, 2.05) is 67.6 Å². The van der Waals surface area contributed by atoms with Gasteiger partial charge in [-0.1, -0.05) is 72.8 Å². The number of halogens is 3. The molecule has 1 heterocycles. The minimum absolute atomic E-state index is 0.162. The Morgan fingerprint density at radius 3 is 1.92 bits per heavy atom. The molecule has 36 heavy (non-hydrogen) atoms. The van der Waals surface area contributed by atoms with Gasteiger partial charge < -0.3 is 10.0 Å². The molecule has 0 aromatic heterocycles.